The van der Waals surface area contributed by atoms with Crippen LogP contribution in [0.2, 0.25) is 0 Å². The van der Waals surface area contributed by atoms with Crippen LogP contribution in [-0.2, 0) is 6.42 Å². The molecular weight excluding hydrogens is 247 g/mol. The van der Waals surface area contributed by atoms with Crippen molar-refractivity contribution in [2.75, 3.05) is 12.8 Å². The zero-order chi connectivity index (χ0) is 13.8. The molecule has 19 heavy (non-hydrogen) atoms. The topological polar surface area (TPSA) is 68.4 Å². The van der Waals surface area contributed by atoms with E-state index in [-0.39, 0.29) is 12.0 Å². The van der Waals surface area contributed by atoms with Crippen molar-refractivity contribution in [3.63, 3.8) is 0 Å². The number of ether oxygens (including phenoxy) is 1. The molecule has 0 bridgehead atoms. The molecule has 5 heteroatoms. The SMILES string of the molecule is COc1ccc(C(O)Cc2cccnc2N)c(F)c1. The molecule has 100 valence electrons. The van der Waals surface area contributed by atoms with Crippen LogP contribution in [0.4, 0.5) is 10.2 Å². The molecule has 0 saturated heterocycles. The largest absolute Gasteiger partial charge is 0.497 e. The van der Waals surface area contributed by atoms with Crippen molar-refractivity contribution in [3.05, 3.63) is 53.5 Å². The first kappa shape index (κ1) is 13.3. The molecule has 2 rings (SSSR count). The molecule has 0 saturated carbocycles. The van der Waals surface area contributed by atoms with E-state index in [1.807, 2.05) is 0 Å². The highest BCUT2D eigenvalue weighted by molar-refractivity contribution is 5.40. The van der Waals surface area contributed by atoms with Crippen molar-refractivity contribution >= 4 is 5.82 Å². The van der Waals surface area contributed by atoms with Gasteiger partial charge in [0.25, 0.3) is 0 Å². The van der Waals surface area contributed by atoms with Gasteiger partial charge in [0.15, 0.2) is 0 Å². The Labute approximate surface area is 110 Å². The molecule has 0 radical (unpaired) electrons. The number of nitrogen functional groups attached to an aromatic ring is 1. The number of pyridine rings is 1. The van der Waals surface area contributed by atoms with Crippen LogP contribution in [0.5, 0.6) is 5.75 Å². The van der Waals surface area contributed by atoms with Gasteiger partial charge in [-0.2, -0.15) is 0 Å². The molecule has 1 atom stereocenters. The molecule has 1 heterocycles. The van der Waals surface area contributed by atoms with E-state index in [1.165, 1.54) is 19.2 Å². The van der Waals surface area contributed by atoms with E-state index in [2.05, 4.69) is 4.98 Å². The lowest BCUT2D eigenvalue weighted by molar-refractivity contribution is 0.173. The Morgan fingerprint density at radius 2 is 2.21 bits per heavy atom. The predicted octanol–water partition coefficient (Wildman–Crippen LogP) is 2.09. The summed E-state index contributed by atoms with van der Waals surface area (Å²) in [6, 6.07) is 7.83. The molecule has 1 aromatic heterocycles. The number of aliphatic hydroxyl groups is 1. The summed E-state index contributed by atoms with van der Waals surface area (Å²) in [6.45, 7) is 0. The maximum atomic E-state index is 13.8. The van der Waals surface area contributed by atoms with Crippen molar-refractivity contribution in [2.45, 2.75) is 12.5 Å². The van der Waals surface area contributed by atoms with E-state index in [0.29, 0.717) is 17.1 Å². The molecule has 1 unspecified atom stereocenters. The number of aliphatic hydroxyl groups excluding tert-OH is 1. The Kier molecular flexibility index (Phi) is 3.97. The fourth-order valence-corrected chi connectivity index (χ4v) is 1.85. The maximum absolute atomic E-state index is 13.8. The molecule has 0 fully saturated rings. The van der Waals surface area contributed by atoms with Gasteiger partial charge in [-0.1, -0.05) is 6.07 Å². The summed E-state index contributed by atoms with van der Waals surface area (Å²) in [5.74, 6) is 0.249. The van der Waals surface area contributed by atoms with Gasteiger partial charge in [-0.25, -0.2) is 9.37 Å². The lowest BCUT2D eigenvalue weighted by Gasteiger charge is -2.13. The van der Waals surface area contributed by atoms with Gasteiger partial charge in [-0.3, -0.25) is 0 Å². The van der Waals surface area contributed by atoms with Gasteiger partial charge < -0.3 is 15.6 Å². The Morgan fingerprint density at radius 1 is 1.42 bits per heavy atom. The van der Waals surface area contributed by atoms with Gasteiger partial charge in [-0.15, -0.1) is 0 Å². The maximum Gasteiger partial charge on any atom is 0.132 e. The third-order valence-electron chi connectivity index (χ3n) is 2.91. The Morgan fingerprint density at radius 3 is 2.84 bits per heavy atom. The second-order valence-corrected chi connectivity index (χ2v) is 4.16. The number of halogens is 1. The van der Waals surface area contributed by atoms with Gasteiger partial charge >= 0.3 is 0 Å². The smallest absolute Gasteiger partial charge is 0.132 e. The van der Waals surface area contributed by atoms with E-state index in [1.54, 1.807) is 24.4 Å². The Hall–Kier alpha value is -2.14. The van der Waals surface area contributed by atoms with Crippen LogP contribution in [0.3, 0.4) is 0 Å². The molecule has 0 aliphatic rings. The minimum absolute atomic E-state index is 0.211. The van der Waals surface area contributed by atoms with Crippen LogP contribution in [0.15, 0.2) is 36.5 Å². The number of hydrogen-bond donors (Lipinski definition) is 2. The summed E-state index contributed by atoms with van der Waals surface area (Å²) >= 11 is 0. The van der Waals surface area contributed by atoms with Crippen LogP contribution in [0.25, 0.3) is 0 Å². The molecule has 2 aromatic rings. The Bertz CT molecular complexity index is 575. The van der Waals surface area contributed by atoms with Crippen molar-refractivity contribution in [1.82, 2.24) is 4.98 Å². The average molecular weight is 262 g/mol. The van der Waals surface area contributed by atoms with Crippen LogP contribution in [0.1, 0.15) is 17.2 Å². The normalized spacial score (nSPS) is 12.2. The quantitative estimate of drug-likeness (QED) is 0.885. The molecule has 0 spiro atoms. The zero-order valence-electron chi connectivity index (χ0n) is 10.5. The number of nitrogens with two attached hydrogens (primary N) is 1. The summed E-state index contributed by atoms with van der Waals surface area (Å²) < 4.78 is 18.7. The molecule has 4 nitrogen and oxygen atoms in total. The van der Waals surface area contributed by atoms with Crippen LogP contribution in [0, 0.1) is 5.82 Å². The highest BCUT2D eigenvalue weighted by Crippen LogP contribution is 2.25. The number of nitrogens with zero attached hydrogens (tertiary/aromatic N) is 1. The number of methoxy groups -OCH3 is 1. The molecule has 1 aromatic carbocycles. The van der Waals surface area contributed by atoms with Crippen molar-refractivity contribution < 1.29 is 14.2 Å². The highest BCUT2D eigenvalue weighted by atomic mass is 19.1. The van der Waals surface area contributed by atoms with Crippen molar-refractivity contribution in [3.8, 4) is 5.75 Å². The fourth-order valence-electron chi connectivity index (χ4n) is 1.85. The summed E-state index contributed by atoms with van der Waals surface area (Å²) in [5, 5.41) is 10.1. The van der Waals surface area contributed by atoms with Crippen LogP contribution >= 0.6 is 0 Å². The van der Waals surface area contributed by atoms with E-state index >= 15 is 0 Å². The predicted molar refractivity (Wildman–Crippen MR) is 70.3 cm³/mol. The molecule has 3 N–H and O–H groups in total. The summed E-state index contributed by atoms with van der Waals surface area (Å²) in [5.41, 5.74) is 6.59. The van der Waals surface area contributed by atoms with Crippen LogP contribution in [-0.4, -0.2) is 17.2 Å². The number of rotatable bonds is 4. The lowest BCUT2D eigenvalue weighted by atomic mass is 10.0. The number of hydrogen-bond acceptors (Lipinski definition) is 4. The molecule has 0 aliphatic heterocycles. The summed E-state index contributed by atoms with van der Waals surface area (Å²) in [7, 11) is 1.46. The highest BCUT2D eigenvalue weighted by Gasteiger charge is 2.15. The van der Waals surface area contributed by atoms with E-state index in [9.17, 15) is 9.50 Å². The van der Waals surface area contributed by atoms with E-state index in [0.717, 1.165) is 0 Å². The minimum atomic E-state index is -0.975. The lowest BCUT2D eigenvalue weighted by Crippen LogP contribution is -2.07. The van der Waals surface area contributed by atoms with E-state index < -0.39 is 11.9 Å². The molecule has 0 aliphatic carbocycles. The van der Waals surface area contributed by atoms with E-state index in [4.69, 9.17) is 10.5 Å². The zero-order valence-corrected chi connectivity index (χ0v) is 10.5. The third-order valence-corrected chi connectivity index (χ3v) is 2.91. The summed E-state index contributed by atoms with van der Waals surface area (Å²) in [6.07, 6.45) is 0.805. The number of anilines is 1. The van der Waals surface area contributed by atoms with Crippen LogP contribution < -0.4 is 10.5 Å². The second kappa shape index (κ2) is 5.67. The number of benzene rings is 1. The van der Waals surface area contributed by atoms with Gasteiger partial charge in [-0.05, 0) is 23.8 Å². The average Bonchev–Trinajstić information content (AvgIpc) is 2.41. The monoisotopic (exact) mass is 262 g/mol. The standard InChI is InChI=1S/C14H15FN2O2/c1-19-10-4-5-11(12(15)8-10)13(18)7-9-3-2-6-17-14(9)16/h2-6,8,13,18H,7H2,1H3,(H2,16,17). The first-order chi connectivity index (χ1) is 9.11. The van der Waals surface area contributed by atoms with Crippen molar-refractivity contribution in [2.24, 2.45) is 0 Å². The van der Waals surface area contributed by atoms with Gasteiger partial charge in [0, 0.05) is 24.2 Å². The summed E-state index contributed by atoms with van der Waals surface area (Å²) in [4.78, 5) is 3.93. The van der Waals surface area contributed by atoms with Gasteiger partial charge in [0.1, 0.15) is 17.4 Å². The third kappa shape index (κ3) is 3.00. The Balaban J connectivity index is 2.21. The molecule has 0 amide bonds. The second-order valence-electron chi connectivity index (χ2n) is 4.16. The number of aromatic nitrogens is 1. The van der Waals surface area contributed by atoms with Gasteiger partial charge in [0.05, 0.1) is 13.2 Å². The van der Waals surface area contributed by atoms with Crippen molar-refractivity contribution in [1.29, 1.82) is 0 Å². The minimum Gasteiger partial charge on any atom is -0.497 e. The molecular formula is C14H15FN2O2. The first-order valence-corrected chi connectivity index (χ1v) is 5.82. The first-order valence-electron chi connectivity index (χ1n) is 5.82. The fraction of sp³-hybridized carbons (Fsp3) is 0.214. The van der Waals surface area contributed by atoms with Gasteiger partial charge in [0.2, 0.25) is 0 Å².